The number of hydrogen-bond acceptors (Lipinski definition) is 5. The molecule has 0 radical (unpaired) electrons. The van der Waals surface area contributed by atoms with E-state index >= 15 is 0 Å². The first-order chi connectivity index (χ1) is 12.5. The van der Waals surface area contributed by atoms with Gasteiger partial charge in [0.25, 0.3) is 5.91 Å². The number of carbonyl (C=O) groups excluding carboxylic acids is 1. The summed E-state index contributed by atoms with van der Waals surface area (Å²) in [6, 6.07) is 10.4. The molecule has 3 aliphatic rings. The molecule has 0 aromatic heterocycles. The van der Waals surface area contributed by atoms with Gasteiger partial charge in [0.05, 0.1) is 12.6 Å². The number of amides is 1. The molecule has 1 aromatic rings. The van der Waals surface area contributed by atoms with Crippen LogP contribution < -0.4 is 0 Å². The average Bonchev–Trinajstić information content (AvgIpc) is 2.66. The van der Waals surface area contributed by atoms with Gasteiger partial charge in [-0.25, -0.2) is 0 Å². The van der Waals surface area contributed by atoms with Crippen LogP contribution in [0.25, 0.3) is 0 Å². The zero-order chi connectivity index (χ0) is 18.5. The van der Waals surface area contributed by atoms with E-state index in [9.17, 15) is 9.90 Å². The Balaban J connectivity index is 1.88. The van der Waals surface area contributed by atoms with Gasteiger partial charge in [0, 0.05) is 13.2 Å². The van der Waals surface area contributed by atoms with E-state index in [1.54, 1.807) is 17.2 Å². The Hall–Kier alpha value is -2.31. The highest BCUT2D eigenvalue weighted by molar-refractivity contribution is 5.94. The summed E-state index contributed by atoms with van der Waals surface area (Å²) in [5, 5.41) is 14.4. The number of rotatable bonds is 2. The van der Waals surface area contributed by atoms with Gasteiger partial charge in [-0.1, -0.05) is 30.3 Å². The molecule has 6 nitrogen and oxygen atoms in total. The molecule has 2 saturated heterocycles. The minimum atomic E-state index is -0.909. The molecule has 0 spiro atoms. The molecular formula is C20H25N3O3. The van der Waals surface area contributed by atoms with E-state index in [0.717, 1.165) is 19.3 Å². The van der Waals surface area contributed by atoms with Crippen LogP contribution in [0.15, 0.2) is 54.1 Å². The number of nitrogens with zero attached hydrogens (tertiary/aromatic N) is 3. The first-order valence-electron chi connectivity index (χ1n) is 9.05. The molecule has 6 heteroatoms. The van der Waals surface area contributed by atoms with E-state index in [-0.39, 0.29) is 17.6 Å². The Morgan fingerprint density at radius 2 is 2.00 bits per heavy atom. The monoisotopic (exact) mass is 355 g/mol. The standard InChI is InChI=1S/C20H25N3O3/c1-20(14-8-5-4-6-9-14)12-7-10-16-21(2)19(25)17-18(26-3)15(24)11-13-22(17)23(16)20/h4-6,8-9,11,13,15-16,24H,7,10,12H2,1-3H3/t15?,16?,20-/m0/s1. The Kier molecular flexibility index (Phi) is 4.04. The van der Waals surface area contributed by atoms with Crippen molar-refractivity contribution in [1.29, 1.82) is 0 Å². The van der Waals surface area contributed by atoms with E-state index < -0.39 is 6.10 Å². The zero-order valence-corrected chi connectivity index (χ0v) is 15.4. The largest absolute Gasteiger partial charge is 0.496 e. The molecular weight excluding hydrogens is 330 g/mol. The second kappa shape index (κ2) is 6.14. The van der Waals surface area contributed by atoms with Gasteiger partial charge in [-0.3, -0.25) is 9.80 Å². The summed E-state index contributed by atoms with van der Waals surface area (Å²) >= 11 is 0. The van der Waals surface area contributed by atoms with Crippen LogP contribution in [0, 0.1) is 0 Å². The fraction of sp³-hybridized carbons (Fsp3) is 0.450. The maximum Gasteiger partial charge on any atom is 0.276 e. The molecule has 3 atom stereocenters. The van der Waals surface area contributed by atoms with Gasteiger partial charge in [-0.05, 0) is 37.8 Å². The molecule has 26 heavy (non-hydrogen) atoms. The van der Waals surface area contributed by atoms with E-state index in [4.69, 9.17) is 4.74 Å². The molecule has 2 unspecified atom stereocenters. The molecule has 0 saturated carbocycles. The summed E-state index contributed by atoms with van der Waals surface area (Å²) in [6.45, 7) is 2.22. The minimum absolute atomic E-state index is 0.0387. The Morgan fingerprint density at radius 3 is 2.69 bits per heavy atom. The molecule has 0 bridgehead atoms. The van der Waals surface area contributed by atoms with Crippen molar-refractivity contribution in [2.24, 2.45) is 0 Å². The number of piperidine rings is 1. The third-order valence-electron chi connectivity index (χ3n) is 5.87. The molecule has 3 heterocycles. The number of benzene rings is 1. The van der Waals surface area contributed by atoms with Gasteiger partial charge >= 0.3 is 0 Å². The summed E-state index contributed by atoms with van der Waals surface area (Å²) in [5.74, 6) is 0.174. The maximum atomic E-state index is 13.1. The third-order valence-corrected chi connectivity index (χ3v) is 5.87. The van der Waals surface area contributed by atoms with Crippen molar-refractivity contribution in [3.05, 3.63) is 59.6 Å². The topological polar surface area (TPSA) is 56.2 Å². The summed E-state index contributed by atoms with van der Waals surface area (Å²) in [6.07, 6.45) is 5.45. The molecule has 1 aromatic carbocycles. The van der Waals surface area contributed by atoms with E-state index in [0.29, 0.717) is 11.5 Å². The molecule has 4 rings (SSSR count). The minimum Gasteiger partial charge on any atom is -0.496 e. The lowest BCUT2D eigenvalue weighted by atomic mass is 9.81. The van der Waals surface area contributed by atoms with Gasteiger partial charge in [-0.2, -0.15) is 5.01 Å². The SMILES string of the molecule is COC1=C2C(=O)N(C)C3CCC[C@@](C)(c4ccccc4)N3N2C=CC1O. The quantitative estimate of drug-likeness (QED) is 0.881. The lowest BCUT2D eigenvalue weighted by molar-refractivity contribution is -0.196. The van der Waals surface area contributed by atoms with Gasteiger partial charge in [0.2, 0.25) is 0 Å². The van der Waals surface area contributed by atoms with Crippen LogP contribution in [-0.4, -0.2) is 52.4 Å². The number of hydrazine groups is 1. The predicted molar refractivity (Wildman–Crippen MR) is 97.1 cm³/mol. The number of aliphatic hydroxyl groups is 1. The molecule has 2 fully saturated rings. The highest BCUT2D eigenvalue weighted by Crippen LogP contribution is 2.46. The van der Waals surface area contributed by atoms with Gasteiger partial charge < -0.3 is 14.7 Å². The Bertz CT molecular complexity index is 776. The van der Waals surface area contributed by atoms with Gasteiger partial charge in [0.1, 0.15) is 12.3 Å². The van der Waals surface area contributed by atoms with Gasteiger partial charge in [0.15, 0.2) is 11.5 Å². The van der Waals surface area contributed by atoms with Crippen molar-refractivity contribution in [2.45, 2.75) is 44.0 Å². The Morgan fingerprint density at radius 1 is 1.27 bits per heavy atom. The van der Waals surface area contributed by atoms with Crippen LogP contribution in [0.1, 0.15) is 31.7 Å². The number of aliphatic hydroxyl groups excluding tert-OH is 1. The molecule has 138 valence electrons. The average molecular weight is 355 g/mol. The third kappa shape index (κ3) is 2.29. The van der Waals surface area contributed by atoms with Crippen LogP contribution in [0.2, 0.25) is 0 Å². The summed E-state index contributed by atoms with van der Waals surface area (Å²) in [7, 11) is 3.33. The number of hydrogen-bond donors (Lipinski definition) is 1. The lowest BCUT2D eigenvalue weighted by Crippen LogP contribution is -2.69. The maximum absolute atomic E-state index is 13.1. The number of methoxy groups -OCH3 is 1. The number of fused-ring (bicyclic) bond motifs is 3. The highest BCUT2D eigenvalue weighted by Gasteiger charge is 2.52. The van der Waals surface area contributed by atoms with Crippen molar-refractivity contribution in [2.75, 3.05) is 14.2 Å². The molecule has 1 N–H and O–H groups in total. The summed E-state index contributed by atoms with van der Waals surface area (Å²) in [5.41, 5.74) is 1.34. The van der Waals surface area contributed by atoms with Crippen LogP contribution in [0.5, 0.6) is 0 Å². The van der Waals surface area contributed by atoms with E-state index in [2.05, 4.69) is 36.2 Å². The second-order valence-corrected chi connectivity index (χ2v) is 7.32. The van der Waals surface area contributed by atoms with Crippen LogP contribution in [0.3, 0.4) is 0 Å². The smallest absolute Gasteiger partial charge is 0.276 e. The number of ether oxygens (including phenoxy) is 1. The van der Waals surface area contributed by atoms with Crippen LogP contribution >= 0.6 is 0 Å². The number of carbonyl (C=O) groups is 1. The first kappa shape index (κ1) is 17.1. The van der Waals surface area contributed by atoms with Crippen molar-refractivity contribution in [1.82, 2.24) is 14.9 Å². The molecule has 3 aliphatic heterocycles. The van der Waals surface area contributed by atoms with E-state index in [1.165, 1.54) is 12.7 Å². The molecule has 1 amide bonds. The fourth-order valence-electron chi connectivity index (χ4n) is 4.49. The summed E-state index contributed by atoms with van der Waals surface area (Å²) in [4.78, 5) is 14.8. The Labute approximate surface area is 153 Å². The predicted octanol–water partition coefficient (Wildman–Crippen LogP) is 2.15. The fourth-order valence-corrected chi connectivity index (χ4v) is 4.49. The normalized spacial score (nSPS) is 31.8. The van der Waals surface area contributed by atoms with Crippen molar-refractivity contribution in [3.8, 4) is 0 Å². The van der Waals surface area contributed by atoms with Crippen molar-refractivity contribution >= 4 is 5.91 Å². The first-order valence-corrected chi connectivity index (χ1v) is 9.05. The second-order valence-electron chi connectivity index (χ2n) is 7.32. The van der Waals surface area contributed by atoms with Crippen molar-refractivity contribution < 1.29 is 14.6 Å². The zero-order valence-electron chi connectivity index (χ0n) is 15.4. The van der Waals surface area contributed by atoms with Crippen LogP contribution in [0.4, 0.5) is 0 Å². The lowest BCUT2D eigenvalue weighted by Gasteiger charge is -2.59. The van der Waals surface area contributed by atoms with Gasteiger partial charge in [-0.15, -0.1) is 0 Å². The summed E-state index contributed by atoms with van der Waals surface area (Å²) < 4.78 is 5.41. The van der Waals surface area contributed by atoms with Crippen LogP contribution in [-0.2, 0) is 15.1 Å². The highest BCUT2D eigenvalue weighted by atomic mass is 16.5. The number of likely N-dealkylation sites (N-methyl/N-ethyl adjacent to an activating group) is 1. The van der Waals surface area contributed by atoms with E-state index in [1.807, 2.05) is 18.1 Å². The molecule has 0 aliphatic carbocycles. The van der Waals surface area contributed by atoms with Crippen molar-refractivity contribution in [3.63, 3.8) is 0 Å².